The fourth-order valence-electron chi connectivity index (χ4n) is 3.24. The fourth-order valence-corrected chi connectivity index (χ4v) is 3.24. The van der Waals surface area contributed by atoms with E-state index in [1.54, 1.807) is 17.0 Å². The van der Waals surface area contributed by atoms with Gasteiger partial charge < -0.3 is 10.2 Å². The summed E-state index contributed by atoms with van der Waals surface area (Å²) in [6, 6.07) is 15.6. The number of nitrogens with zero attached hydrogens (tertiary/aromatic N) is 1. The number of benzene rings is 2. The van der Waals surface area contributed by atoms with Crippen LogP contribution in [0.1, 0.15) is 30.0 Å². The van der Waals surface area contributed by atoms with Gasteiger partial charge in [-0.1, -0.05) is 42.5 Å². The first kappa shape index (κ1) is 19.0. The van der Waals surface area contributed by atoms with E-state index in [9.17, 15) is 14.0 Å². The lowest BCUT2D eigenvalue weighted by Crippen LogP contribution is -2.42. The highest BCUT2D eigenvalue weighted by molar-refractivity contribution is 5.85. The van der Waals surface area contributed by atoms with E-state index in [-0.39, 0.29) is 36.8 Å². The molecule has 27 heavy (non-hydrogen) atoms. The van der Waals surface area contributed by atoms with Crippen molar-refractivity contribution < 1.29 is 14.0 Å². The van der Waals surface area contributed by atoms with Crippen molar-refractivity contribution in [3.63, 3.8) is 0 Å². The van der Waals surface area contributed by atoms with Crippen molar-refractivity contribution in [3.05, 3.63) is 71.5 Å². The Morgan fingerprint density at radius 2 is 1.56 bits per heavy atom. The number of hydrogen-bond acceptors (Lipinski definition) is 3. The zero-order valence-corrected chi connectivity index (χ0v) is 15.2. The van der Waals surface area contributed by atoms with E-state index in [4.69, 9.17) is 0 Å². The smallest absolute Gasteiger partial charge is 0.241 e. The molecule has 6 heteroatoms. The van der Waals surface area contributed by atoms with Gasteiger partial charge in [0.1, 0.15) is 5.82 Å². The molecule has 1 unspecified atom stereocenters. The van der Waals surface area contributed by atoms with Crippen molar-refractivity contribution in [1.82, 2.24) is 15.5 Å². The molecule has 1 fully saturated rings. The van der Waals surface area contributed by atoms with Gasteiger partial charge in [0.15, 0.2) is 0 Å². The maximum absolute atomic E-state index is 13.3. The lowest BCUT2D eigenvalue weighted by molar-refractivity contribution is -0.131. The van der Waals surface area contributed by atoms with Crippen LogP contribution in [0.15, 0.2) is 54.6 Å². The Morgan fingerprint density at radius 1 is 0.926 bits per heavy atom. The molecule has 1 aliphatic heterocycles. The lowest BCUT2D eigenvalue weighted by Gasteiger charge is -2.20. The monoisotopic (exact) mass is 369 g/mol. The topological polar surface area (TPSA) is 61.4 Å². The minimum Gasteiger partial charge on any atom is -0.346 e. The summed E-state index contributed by atoms with van der Waals surface area (Å²) >= 11 is 0. The molecular formula is C21H24FN3O2. The quantitative estimate of drug-likeness (QED) is 0.787. The predicted octanol–water partition coefficient (Wildman–Crippen LogP) is 2.24. The van der Waals surface area contributed by atoms with Crippen LogP contribution < -0.4 is 10.6 Å². The van der Waals surface area contributed by atoms with Gasteiger partial charge in [-0.25, -0.2) is 4.39 Å². The maximum atomic E-state index is 13.3. The second-order valence-electron chi connectivity index (χ2n) is 6.64. The van der Waals surface area contributed by atoms with Gasteiger partial charge in [0, 0.05) is 13.1 Å². The van der Waals surface area contributed by atoms with Gasteiger partial charge in [-0.3, -0.25) is 14.9 Å². The van der Waals surface area contributed by atoms with E-state index < -0.39 is 0 Å². The average molecular weight is 369 g/mol. The zero-order valence-electron chi connectivity index (χ0n) is 15.2. The normalized spacial score (nSPS) is 14.8. The fraction of sp³-hybridized carbons (Fsp3) is 0.333. The molecule has 2 N–H and O–H groups in total. The number of amides is 2. The molecule has 142 valence electrons. The minimum absolute atomic E-state index is 0.0209. The largest absolute Gasteiger partial charge is 0.346 e. The zero-order chi connectivity index (χ0) is 19.1. The molecular weight excluding hydrogens is 345 g/mol. The van der Waals surface area contributed by atoms with Crippen molar-refractivity contribution in [1.29, 1.82) is 0 Å². The molecule has 0 spiro atoms. The van der Waals surface area contributed by atoms with E-state index in [1.165, 1.54) is 12.1 Å². The van der Waals surface area contributed by atoms with Gasteiger partial charge in [0.05, 0.1) is 19.1 Å². The molecule has 0 bridgehead atoms. The summed E-state index contributed by atoms with van der Waals surface area (Å²) in [6.45, 7) is 1.62. The molecule has 0 saturated carbocycles. The molecule has 2 amide bonds. The van der Waals surface area contributed by atoms with E-state index in [2.05, 4.69) is 10.6 Å². The maximum Gasteiger partial charge on any atom is 0.241 e. The highest BCUT2D eigenvalue weighted by Gasteiger charge is 2.19. The summed E-state index contributed by atoms with van der Waals surface area (Å²) < 4.78 is 13.3. The molecule has 1 heterocycles. The Balaban J connectivity index is 1.58. The van der Waals surface area contributed by atoms with Gasteiger partial charge in [-0.15, -0.1) is 0 Å². The van der Waals surface area contributed by atoms with E-state index in [0.29, 0.717) is 0 Å². The van der Waals surface area contributed by atoms with Crippen molar-refractivity contribution in [2.75, 3.05) is 26.2 Å². The SMILES string of the molecule is O=C(CNC(c1ccccc1)c1ccc(F)cc1)NCC(=O)N1CCCC1. The third-order valence-electron chi connectivity index (χ3n) is 4.70. The molecule has 2 aromatic rings. The molecule has 0 aromatic heterocycles. The van der Waals surface area contributed by atoms with Crippen LogP contribution in [0.4, 0.5) is 4.39 Å². The van der Waals surface area contributed by atoms with E-state index >= 15 is 0 Å². The molecule has 3 rings (SSSR count). The first-order valence-electron chi connectivity index (χ1n) is 9.22. The van der Waals surface area contributed by atoms with Gasteiger partial charge in [0.25, 0.3) is 0 Å². The van der Waals surface area contributed by atoms with Gasteiger partial charge in [-0.05, 0) is 36.1 Å². The van der Waals surface area contributed by atoms with Crippen molar-refractivity contribution >= 4 is 11.8 Å². The standard InChI is InChI=1S/C21H24FN3O2/c22-18-10-8-17(9-11-18)21(16-6-2-1-3-7-16)24-14-19(26)23-15-20(27)25-12-4-5-13-25/h1-3,6-11,21,24H,4-5,12-15H2,(H,23,26). The Bertz CT molecular complexity index is 759. The second-order valence-corrected chi connectivity index (χ2v) is 6.64. The Kier molecular flexibility index (Phi) is 6.54. The molecule has 5 nitrogen and oxygen atoms in total. The molecule has 1 atom stereocenters. The Morgan fingerprint density at radius 3 is 2.22 bits per heavy atom. The number of carbonyl (C=O) groups is 2. The van der Waals surface area contributed by atoms with Crippen molar-refractivity contribution in [2.24, 2.45) is 0 Å². The number of halogens is 1. The average Bonchev–Trinajstić information content (AvgIpc) is 3.23. The van der Waals surface area contributed by atoms with Crippen molar-refractivity contribution in [3.8, 4) is 0 Å². The molecule has 1 saturated heterocycles. The van der Waals surface area contributed by atoms with Gasteiger partial charge in [0.2, 0.25) is 11.8 Å². The predicted molar refractivity (Wildman–Crippen MR) is 102 cm³/mol. The number of likely N-dealkylation sites (tertiary alicyclic amines) is 1. The van der Waals surface area contributed by atoms with Crippen LogP contribution in [-0.2, 0) is 9.59 Å². The number of nitrogens with one attached hydrogen (secondary N) is 2. The summed E-state index contributed by atoms with van der Waals surface area (Å²) in [6.07, 6.45) is 2.05. The number of hydrogen-bond donors (Lipinski definition) is 2. The van der Waals surface area contributed by atoms with Crippen molar-refractivity contribution in [2.45, 2.75) is 18.9 Å². The Hall–Kier alpha value is -2.73. The van der Waals surface area contributed by atoms with E-state index in [0.717, 1.165) is 37.1 Å². The summed E-state index contributed by atoms with van der Waals surface area (Å²) in [5, 5.41) is 5.88. The van der Waals surface area contributed by atoms with Crippen LogP contribution in [0, 0.1) is 5.82 Å². The van der Waals surface area contributed by atoms with Crippen LogP contribution in [0.3, 0.4) is 0 Å². The van der Waals surface area contributed by atoms with Crippen LogP contribution in [0.5, 0.6) is 0 Å². The van der Waals surface area contributed by atoms with Crippen LogP contribution >= 0.6 is 0 Å². The van der Waals surface area contributed by atoms with Crippen LogP contribution in [0.2, 0.25) is 0 Å². The first-order chi connectivity index (χ1) is 13.1. The first-order valence-corrected chi connectivity index (χ1v) is 9.22. The summed E-state index contributed by atoms with van der Waals surface area (Å²) in [7, 11) is 0. The summed E-state index contributed by atoms with van der Waals surface area (Å²) in [5.74, 6) is -0.590. The molecule has 1 aliphatic rings. The van der Waals surface area contributed by atoms with Gasteiger partial charge >= 0.3 is 0 Å². The summed E-state index contributed by atoms with van der Waals surface area (Å²) in [4.78, 5) is 26.0. The molecule has 2 aromatic carbocycles. The summed E-state index contributed by atoms with van der Waals surface area (Å²) in [5.41, 5.74) is 1.84. The number of rotatable bonds is 7. The van der Waals surface area contributed by atoms with Gasteiger partial charge in [-0.2, -0.15) is 0 Å². The van der Waals surface area contributed by atoms with E-state index in [1.807, 2.05) is 30.3 Å². The van der Waals surface area contributed by atoms with Crippen LogP contribution in [-0.4, -0.2) is 42.9 Å². The third-order valence-corrected chi connectivity index (χ3v) is 4.70. The second kappa shape index (κ2) is 9.28. The third kappa shape index (κ3) is 5.37. The lowest BCUT2D eigenvalue weighted by atomic mass is 9.98. The minimum atomic E-state index is -0.302. The number of carbonyl (C=O) groups excluding carboxylic acids is 2. The van der Waals surface area contributed by atoms with Crippen LogP contribution in [0.25, 0.3) is 0 Å². The Labute approximate surface area is 158 Å². The highest BCUT2D eigenvalue weighted by Crippen LogP contribution is 2.22. The molecule has 0 aliphatic carbocycles. The highest BCUT2D eigenvalue weighted by atomic mass is 19.1. The molecule has 0 radical (unpaired) electrons.